The van der Waals surface area contributed by atoms with E-state index in [1.165, 1.54) is 16.7 Å². The zero-order valence-corrected chi connectivity index (χ0v) is 14.5. The molecule has 0 bridgehead atoms. The van der Waals surface area contributed by atoms with Crippen molar-refractivity contribution in [3.63, 3.8) is 0 Å². The number of rotatable bonds is 6. The third-order valence-corrected chi connectivity index (χ3v) is 4.03. The standard InChI is InChI=1S/C18H22BrNO/c1-4-10-20-12-15-11-16(19)8-9-18(15)21-17-7-5-6-13(2)14(17)3/h5-9,11,20H,4,10,12H2,1-3H3. The Balaban J connectivity index is 2.24. The lowest BCUT2D eigenvalue weighted by Crippen LogP contribution is -2.14. The van der Waals surface area contributed by atoms with Gasteiger partial charge in [-0.2, -0.15) is 0 Å². The predicted molar refractivity (Wildman–Crippen MR) is 92.1 cm³/mol. The zero-order valence-electron chi connectivity index (χ0n) is 12.9. The van der Waals surface area contributed by atoms with Crippen molar-refractivity contribution in [3.8, 4) is 11.5 Å². The maximum absolute atomic E-state index is 6.15. The Morgan fingerprint density at radius 3 is 2.67 bits per heavy atom. The Morgan fingerprint density at radius 1 is 1.10 bits per heavy atom. The average molecular weight is 348 g/mol. The lowest BCUT2D eigenvalue weighted by Gasteiger charge is -2.15. The number of hydrogen-bond acceptors (Lipinski definition) is 2. The van der Waals surface area contributed by atoms with Crippen molar-refractivity contribution in [2.24, 2.45) is 0 Å². The summed E-state index contributed by atoms with van der Waals surface area (Å²) in [5.74, 6) is 1.84. The number of nitrogens with one attached hydrogen (secondary N) is 1. The molecule has 2 nitrogen and oxygen atoms in total. The fourth-order valence-electron chi connectivity index (χ4n) is 2.14. The van der Waals surface area contributed by atoms with E-state index in [1.807, 2.05) is 24.3 Å². The molecule has 0 saturated carbocycles. The quantitative estimate of drug-likeness (QED) is 0.710. The number of aryl methyl sites for hydroxylation is 1. The molecule has 0 amide bonds. The highest BCUT2D eigenvalue weighted by Gasteiger charge is 2.08. The second kappa shape index (κ2) is 7.62. The van der Waals surface area contributed by atoms with Crippen molar-refractivity contribution in [1.29, 1.82) is 0 Å². The summed E-state index contributed by atoms with van der Waals surface area (Å²) in [5.41, 5.74) is 3.60. The van der Waals surface area contributed by atoms with Gasteiger partial charge in [0.2, 0.25) is 0 Å². The molecule has 0 aromatic heterocycles. The fourth-order valence-corrected chi connectivity index (χ4v) is 2.55. The molecule has 112 valence electrons. The summed E-state index contributed by atoms with van der Waals surface area (Å²) in [7, 11) is 0. The van der Waals surface area contributed by atoms with Gasteiger partial charge in [0.15, 0.2) is 0 Å². The van der Waals surface area contributed by atoms with Gasteiger partial charge in [0.25, 0.3) is 0 Å². The summed E-state index contributed by atoms with van der Waals surface area (Å²) in [6.45, 7) is 8.19. The first-order valence-electron chi connectivity index (χ1n) is 7.35. The molecule has 0 radical (unpaired) electrons. The molecule has 0 heterocycles. The molecule has 0 atom stereocenters. The van der Waals surface area contributed by atoms with E-state index in [9.17, 15) is 0 Å². The Kier molecular flexibility index (Phi) is 5.83. The molecule has 3 heteroatoms. The van der Waals surface area contributed by atoms with Crippen molar-refractivity contribution < 1.29 is 4.74 Å². The fraction of sp³-hybridized carbons (Fsp3) is 0.333. The van der Waals surface area contributed by atoms with Gasteiger partial charge in [-0.05, 0) is 62.2 Å². The maximum Gasteiger partial charge on any atom is 0.132 e. The Hall–Kier alpha value is -1.32. The van der Waals surface area contributed by atoms with E-state index in [-0.39, 0.29) is 0 Å². The minimum absolute atomic E-state index is 0.813. The van der Waals surface area contributed by atoms with E-state index < -0.39 is 0 Å². The van der Waals surface area contributed by atoms with Gasteiger partial charge in [-0.3, -0.25) is 0 Å². The molecule has 2 aromatic carbocycles. The summed E-state index contributed by atoms with van der Waals surface area (Å²) in [6, 6.07) is 12.3. The van der Waals surface area contributed by atoms with Gasteiger partial charge >= 0.3 is 0 Å². The van der Waals surface area contributed by atoms with Crippen LogP contribution in [0.15, 0.2) is 40.9 Å². The second-order valence-electron chi connectivity index (χ2n) is 5.23. The van der Waals surface area contributed by atoms with Crippen molar-refractivity contribution >= 4 is 15.9 Å². The minimum atomic E-state index is 0.813. The maximum atomic E-state index is 6.15. The highest BCUT2D eigenvalue weighted by atomic mass is 79.9. The van der Waals surface area contributed by atoms with Gasteiger partial charge in [0.1, 0.15) is 11.5 Å². The average Bonchev–Trinajstić information content (AvgIpc) is 2.46. The van der Waals surface area contributed by atoms with Gasteiger partial charge < -0.3 is 10.1 Å². The van der Waals surface area contributed by atoms with Gasteiger partial charge in [-0.15, -0.1) is 0 Å². The van der Waals surface area contributed by atoms with E-state index in [0.29, 0.717) is 0 Å². The summed E-state index contributed by atoms with van der Waals surface area (Å²) >= 11 is 3.53. The van der Waals surface area contributed by atoms with Crippen LogP contribution in [0.25, 0.3) is 0 Å². The number of benzene rings is 2. The third-order valence-electron chi connectivity index (χ3n) is 3.54. The Labute approximate surface area is 135 Å². The van der Waals surface area contributed by atoms with Gasteiger partial charge in [-0.25, -0.2) is 0 Å². The lowest BCUT2D eigenvalue weighted by atomic mass is 10.1. The SMILES string of the molecule is CCCNCc1cc(Br)ccc1Oc1cccc(C)c1C. The molecule has 0 aliphatic heterocycles. The van der Waals surface area contributed by atoms with E-state index in [4.69, 9.17) is 4.74 Å². The smallest absolute Gasteiger partial charge is 0.132 e. The summed E-state index contributed by atoms with van der Waals surface area (Å²) in [6.07, 6.45) is 1.13. The molecule has 0 fully saturated rings. The number of ether oxygens (including phenoxy) is 1. The minimum Gasteiger partial charge on any atom is -0.457 e. The van der Waals surface area contributed by atoms with Crippen molar-refractivity contribution in [2.45, 2.75) is 33.7 Å². The number of hydrogen-bond donors (Lipinski definition) is 1. The van der Waals surface area contributed by atoms with Gasteiger partial charge in [0, 0.05) is 16.6 Å². The van der Waals surface area contributed by atoms with Crippen LogP contribution in [-0.4, -0.2) is 6.54 Å². The Bertz CT molecular complexity index is 610. The lowest BCUT2D eigenvalue weighted by molar-refractivity contribution is 0.468. The molecule has 0 saturated heterocycles. The normalized spacial score (nSPS) is 10.7. The molecule has 0 aliphatic rings. The first kappa shape index (κ1) is 16.1. The molecule has 1 N–H and O–H groups in total. The summed E-state index contributed by atoms with van der Waals surface area (Å²) in [5, 5.41) is 3.43. The highest BCUT2D eigenvalue weighted by Crippen LogP contribution is 2.31. The second-order valence-corrected chi connectivity index (χ2v) is 6.14. The monoisotopic (exact) mass is 347 g/mol. The van der Waals surface area contributed by atoms with Gasteiger partial charge in [-0.1, -0.05) is 35.0 Å². The summed E-state index contributed by atoms with van der Waals surface area (Å²) in [4.78, 5) is 0. The van der Waals surface area contributed by atoms with E-state index >= 15 is 0 Å². The largest absolute Gasteiger partial charge is 0.457 e. The van der Waals surface area contributed by atoms with Crippen molar-refractivity contribution in [2.75, 3.05) is 6.54 Å². The van der Waals surface area contributed by atoms with Crippen LogP contribution in [0.1, 0.15) is 30.0 Å². The first-order chi connectivity index (χ1) is 10.1. The van der Waals surface area contributed by atoms with Crippen molar-refractivity contribution in [1.82, 2.24) is 5.32 Å². The molecule has 21 heavy (non-hydrogen) atoms. The molecule has 0 aliphatic carbocycles. The van der Waals surface area contributed by atoms with E-state index in [2.05, 4.69) is 54.2 Å². The predicted octanol–water partition coefficient (Wildman–Crippen LogP) is 5.36. The molecule has 2 aromatic rings. The molecular weight excluding hydrogens is 326 g/mol. The van der Waals surface area contributed by atoms with Crippen LogP contribution in [0.5, 0.6) is 11.5 Å². The zero-order chi connectivity index (χ0) is 15.2. The van der Waals surface area contributed by atoms with Crippen LogP contribution in [0.4, 0.5) is 0 Å². The van der Waals surface area contributed by atoms with Gasteiger partial charge in [0.05, 0.1) is 0 Å². The van der Waals surface area contributed by atoms with Crippen LogP contribution < -0.4 is 10.1 Å². The van der Waals surface area contributed by atoms with Crippen LogP contribution in [0.3, 0.4) is 0 Å². The number of halogens is 1. The van der Waals surface area contributed by atoms with Crippen molar-refractivity contribution in [3.05, 3.63) is 57.6 Å². The molecular formula is C18H22BrNO. The third kappa shape index (κ3) is 4.32. The van der Waals surface area contributed by atoms with E-state index in [1.54, 1.807) is 0 Å². The van der Waals surface area contributed by atoms with Crippen LogP contribution in [-0.2, 0) is 6.54 Å². The Morgan fingerprint density at radius 2 is 1.90 bits per heavy atom. The molecule has 0 spiro atoms. The molecule has 2 rings (SSSR count). The topological polar surface area (TPSA) is 21.3 Å². The van der Waals surface area contributed by atoms with Crippen LogP contribution >= 0.6 is 15.9 Å². The van der Waals surface area contributed by atoms with Crippen LogP contribution in [0.2, 0.25) is 0 Å². The van der Waals surface area contributed by atoms with Crippen LogP contribution in [0, 0.1) is 13.8 Å². The first-order valence-corrected chi connectivity index (χ1v) is 8.14. The van der Waals surface area contributed by atoms with E-state index in [0.717, 1.165) is 35.5 Å². The summed E-state index contributed by atoms with van der Waals surface area (Å²) < 4.78 is 7.22. The molecule has 0 unspecified atom stereocenters. The highest BCUT2D eigenvalue weighted by molar-refractivity contribution is 9.10.